The molecule has 82 valence electrons. The highest BCUT2D eigenvalue weighted by molar-refractivity contribution is 5.03. The summed E-state index contributed by atoms with van der Waals surface area (Å²) < 4.78 is 0. The monoisotopic (exact) mass is 197 g/mol. The molecule has 1 saturated heterocycles. The summed E-state index contributed by atoms with van der Waals surface area (Å²) in [6, 6.07) is 0. The lowest BCUT2D eigenvalue weighted by atomic mass is 9.80. The standard InChI is InChI=1S/C12H23NO/c1-11(2,3)13-7-9-5-6-10(8-13)12(9,4)14/h9-10,14H,5-8H2,1-4H3/t9-,10?,12?/m0/s1. The molecule has 2 bridgehead atoms. The molecule has 0 aromatic heterocycles. The predicted octanol–water partition coefficient (Wildman–Crippen LogP) is 1.88. The molecule has 1 aliphatic carbocycles. The number of hydrogen-bond donors (Lipinski definition) is 1. The summed E-state index contributed by atoms with van der Waals surface area (Å²) >= 11 is 0. The van der Waals surface area contributed by atoms with Gasteiger partial charge in [0.05, 0.1) is 5.60 Å². The van der Waals surface area contributed by atoms with E-state index in [1.54, 1.807) is 0 Å². The number of hydrogen-bond acceptors (Lipinski definition) is 2. The van der Waals surface area contributed by atoms with E-state index in [9.17, 15) is 5.11 Å². The molecule has 0 amide bonds. The van der Waals surface area contributed by atoms with E-state index in [0.717, 1.165) is 13.1 Å². The van der Waals surface area contributed by atoms with Crippen molar-refractivity contribution >= 4 is 0 Å². The first kappa shape index (κ1) is 10.4. The van der Waals surface area contributed by atoms with Crippen LogP contribution in [0.15, 0.2) is 0 Å². The van der Waals surface area contributed by atoms with Crippen LogP contribution in [0.4, 0.5) is 0 Å². The van der Waals surface area contributed by atoms with Gasteiger partial charge in [0.25, 0.3) is 0 Å². The molecule has 0 radical (unpaired) electrons. The zero-order chi connectivity index (χ0) is 10.6. The third-order valence-corrected chi connectivity index (χ3v) is 4.35. The van der Waals surface area contributed by atoms with Gasteiger partial charge in [-0.1, -0.05) is 0 Å². The van der Waals surface area contributed by atoms with Crippen LogP contribution in [0.5, 0.6) is 0 Å². The summed E-state index contributed by atoms with van der Waals surface area (Å²) in [7, 11) is 0. The van der Waals surface area contributed by atoms with Crippen LogP contribution < -0.4 is 0 Å². The average Bonchev–Trinajstić information content (AvgIpc) is 2.25. The summed E-state index contributed by atoms with van der Waals surface area (Å²) in [5.41, 5.74) is -0.126. The molecule has 0 aromatic carbocycles. The van der Waals surface area contributed by atoms with Gasteiger partial charge in [0.1, 0.15) is 0 Å². The fourth-order valence-corrected chi connectivity index (χ4v) is 3.03. The van der Waals surface area contributed by atoms with E-state index < -0.39 is 0 Å². The quantitative estimate of drug-likeness (QED) is 0.641. The molecular formula is C12H23NO. The van der Waals surface area contributed by atoms with Crippen molar-refractivity contribution in [1.29, 1.82) is 0 Å². The molecule has 2 fully saturated rings. The molecule has 1 heterocycles. The smallest absolute Gasteiger partial charge is 0.0700 e. The molecule has 2 heteroatoms. The van der Waals surface area contributed by atoms with Crippen molar-refractivity contribution in [3.05, 3.63) is 0 Å². The fourth-order valence-electron chi connectivity index (χ4n) is 3.03. The number of nitrogens with zero attached hydrogens (tertiary/aromatic N) is 1. The zero-order valence-corrected chi connectivity index (χ0v) is 9.88. The third kappa shape index (κ3) is 1.49. The molecule has 1 N–H and O–H groups in total. The van der Waals surface area contributed by atoms with E-state index in [1.807, 2.05) is 6.92 Å². The second-order valence-electron chi connectivity index (χ2n) is 6.27. The van der Waals surface area contributed by atoms with Gasteiger partial charge in [-0.25, -0.2) is 0 Å². The van der Waals surface area contributed by atoms with Crippen molar-refractivity contribution in [2.45, 2.75) is 51.7 Å². The topological polar surface area (TPSA) is 23.5 Å². The van der Waals surface area contributed by atoms with Crippen LogP contribution in [0.1, 0.15) is 40.5 Å². The van der Waals surface area contributed by atoms with E-state index in [1.165, 1.54) is 12.8 Å². The van der Waals surface area contributed by atoms with Gasteiger partial charge in [-0.3, -0.25) is 4.90 Å². The number of fused-ring (bicyclic) bond motifs is 2. The normalized spacial score (nSPS) is 44.4. The Balaban J connectivity index is 2.14. The molecule has 0 aromatic rings. The number of aliphatic hydroxyl groups is 1. The summed E-state index contributed by atoms with van der Waals surface area (Å²) in [5.74, 6) is 1.00. The van der Waals surface area contributed by atoms with E-state index in [4.69, 9.17) is 0 Å². The van der Waals surface area contributed by atoms with Crippen LogP contribution in [-0.2, 0) is 0 Å². The maximum atomic E-state index is 10.3. The predicted molar refractivity (Wildman–Crippen MR) is 58.2 cm³/mol. The summed E-state index contributed by atoms with van der Waals surface area (Å²) in [6.07, 6.45) is 2.43. The first-order valence-corrected chi connectivity index (χ1v) is 5.79. The Morgan fingerprint density at radius 2 is 1.57 bits per heavy atom. The van der Waals surface area contributed by atoms with Crippen LogP contribution in [0.2, 0.25) is 0 Å². The van der Waals surface area contributed by atoms with Crippen molar-refractivity contribution in [2.75, 3.05) is 13.1 Å². The second kappa shape index (κ2) is 2.96. The lowest BCUT2D eigenvalue weighted by molar-refractivity contribution is -0.0875. The fraction of sp³-hybridized carbons (Fsp3) is 1.00. The molecule has 2 rings (SSSR count). The highest BCUT2D eigenvalue weighted by Crippen LogP contribution is 2.46. The van der Waals surface area contributed by atoms with Gasteiger partial charge in [-0.2, -0.15) is 0 Å². The van der Waals surface area contributed by atoms with E-state index in [2.05, 4.69) is 25.7 Å². The summed E-state index contributed by atoms with van der Waals surface area (Å²) in [6.45, 7) is 11.0. The van der Waals surface area contributed by atoms with Crippen LogP contribution in [0.25, 0.3) is 0 Å². The van der Waals surface area contributed by atoms with E-state index in [-0.39, 0.29) is 11.1 Å². The minimum Gasteiger partial charge on any atom is -0.390 e. The second-order valence-corrected chi connectivity index (χ2v) is 6.27. The first-order valence-electron chi connectivity index (χ1n) is 5.79. The molecule has 1 aliphatic heterocycles. The van der Waals surface area contributed by atoms with Crippen LogP contribution in [0, 0.1) is 11.8 Å². The number of likely N-dealkylation sites (tertiary alicyclic amines) is 1. The molecule has 1 saturated carbocycles. The average molecular weight is 197 g/mol. The molecule has 2 nitrogen and oxygen atoms in total. The Labute approximate surface area is 87.3 Å². The molecular weight excluding hydrogens is 174 g/mol. The summed E-state index contributed by atoms with van der Waals surface area (Å²) in [4.78, 5) is 2.54. The van der Waals surface area contributed by atoms with Crippen molar-refractivity contribution in [3.63, 3.8) is 0 Å². The Morgan fingerprint density at radius 3 is 1.93 bits per heavy atom. The van der Waals surface area contributed by atoms with Gasteiger partial charge in [-0.15, -0.1) is 0 Å². The Morgan fingerprint density at radius 1 is 1.14 bits per heavy atom. The van der Waals surface area contributed by atoms with Crippen molar-refractivity contribution in [3.8, 4) is 0 Å². The van der Waals surface area contributed by atoms with Crippen molar-refractivity contribution < 1.29 is 5.11 Å². The van der Waals surface area contributed by atoms with Gasteiger partial charge in [0.15, 0.2) is 0 Å². The highest BCUT2D eigenvalue weighted by Gasteiger charge is 2.51. The summed E-state index contributed by atoms with van der Waals surface area (Å²) in [5, 5.41) is 10.3. The van der Waals surface area contributed by atoms with Crippen LogP contribution >= 0.6 is 0 Å². The van der Waals surface area contributed by atoms with Gasteiger partial charge in [-0.05, 0) is 40.5 Å². The van der Waals surface area contributed by atoms with Gasteiger partial charge < -0.3 is 5.11 Å². The third-order valence-electron chi connectivity index (χ3n) is 4.35. The molecule has 3 atom stereocenters. The minimum absolute atomic E-state index is 0.261. The van der Waals surface area contributed by atoms with Gasteiger partial charge >= 0.3 is 0 Å². The first-order chi connectivity index (χ1) is 6.32. The van der Waals surface area contributed by atoms with Crippen LogP contribution in [0.3, 0.4) is 0 Å². The van der Waals surface area contributed by atoms with Crippen LogP contribution in [-0.4, -0.2) is 34.2 Å². The van der Waals surface area contributed by atoms with E-state index >= 15 is 0 Å². The lowest BCUT2D eigenvalue weighted by Crippen LogP contribution is -2.57. The van der Waals surface area contributed by atoms with Gasteiger partial charge in [0.2, 0.25) is 0 Å². The highest BCUT2D eigenvalue weighted by atomic mass is 16.3. The largest absolute Gasteiger partial charge is 0.390 e. The Hall–Kier alpha value is -0.0800. The van der Waals surface area contributed by atoms with Gasteiger partial charge in [0, 0.05) is 30.5 Å². The minimum atomic E-state index is -0.387. The van der Waals surface area contributed by atoms with Crippen molar-refractivity contribution in [2.24, 2.45) is 11.8 Å². The number of piperidine rings is 1. The Bertz CT molecular complexity index is 213. The Kier molecular flexibility index (Phi) is 2.20. The molecule has 0 spiro atoms. The number of rotatable bonds is 0. The SMILES string of the molecule is CC1(O)C2CC[C@H]1CN(C(C)(C)C)C2. The maximum absolute atomic E-state index is 10.3. The zero-order valence-electron chi connectivity index (χ0n) is 9.88. The van der Waals surface area contributed by atoms with Crippen molar-refractivity contribution in [1.82, 2.24) is 4.90 Å². The molecule has 2 unspecified atom stereocenters. The van der Waals surface area contributed by atoms with E-state index in [0.29, 0.717) is 11.8 Å². The lowest BCUT2D eigenvalue weighted by Gasteiger charge is -2.47. The molecule has 14 heavy (non-hydrogen) atoms. The maximum Gasteiger partial charge on any atom is 0.0700 e. The molecule has 2 aliphatic rings.